The lowest BCUT2D eigenvalue weighted by molar-refractivity contribution is -0.385. The van der Waals surface area contributed by atoms with Crippen LogP contribution in [-0.2, 0) is 0 Å². The highest BCUT2D eigenvalue weighted by Gasteiger charge is 2.12. The van der Waals surface area contributed by atoms with Crippen molar-refractivity contribution in [3.05, 3.63) is 56.2 Å². The average molecular weight is 337 g/mol. The van der Waals surface area contributed by atoms with Crippen molar-refractivity contribution in [1.29, 1.82) is 0 Å². The van der Waals surface area contributed by atoms with Crippen molar-refractivity contribution in [2.24, 2.45) is 0 Å². The van der Waals surface area contributed by atoms with Crippen LogP contribution in [0.5, 0.6) is 11.6 Å². The van der Waals surface area contributed by atoms with E-state index in [1.165, 1.54) is 6.07 Å². The molecule has 20 heavy (non-hydrogen) atoms. The third kappa shape index (κ3) is 3.00. The largest absolute Gasteiger partial charge is 0.438 e. The number of rotatable bonds is 4. The van der Waals surface area contributed by atoms with Gasteiger partial charge in [0.1, 0.15) is 18.2 Å². The highest BCUT2D eigenvalue weighted by molar-refractivity contribution is 9.10. The van der Waals surface area contributed by atoms with Gasteiger partial charge in [-0.15, -0.1) is 0 Å². The highest BCUT2D eigenvalue weighted by atomic mass is 79.9. The summed E-state index contributed by atoms with van der Waals surface area (Å²) in [6.45, 7) is 1.67. The number of hydrogen-bond donors (Lipinski definition) is 0. The van der Waals surface area contributed by atoms with E-state index in [1.54, 1.807) is 25.1 Å². The van der Waals surface area contributed by atoms with Gasteiger partial charge in [-0.05, 0) is 41.1 Å². The van der Waals surface area contributed by atoms with Gasteiger partial charge in [-0.25, -0.2) is 4.98 Å². The number of halogens is 1. The van der Waals surface area contributed by atoms with E-state index < -0.39 is 4.92 Å². The van der Waals surface area contributed by atoms with Crippen molar-refractivity contribution >= 4 is 27.9 Å². The molecule has 0 aliphatic carbocycles. The summed E-state index contributed by atoms with van der Waals surface area (Å²) in [5.74, 6) is 0.746. The molecule has 0 aliphatic rings. The fourth-order valence-electron chi connectivity index (χ4n) is 1.53. The molecule has 0 fully saturated rings. The smallest absolute Gasteiger partial charge is 0.288 e. The molecule has 7 heteroatoms. The van der Waals surface area contributed by atoms with Crippen LogP contribution in [0.2, 0.25) is 0 Å². The van der Waals surface area contributed by atoms with Crippen molar-refractivity contribution in [3.63, 3.8) is 0 Å². The molecule has 0 saturated carbocycles. The maximum absolute atomic E-state index is 10.6. The molecule has 0 bridgehead atoms. The third-order valence-corrected chi connectivity index (χ3v) is 3.14. The SMILES string of the molecule is Cc1cc([N+](=O)[O-])cnc1Oc1ccc(C=O)cc1Br. The summed E-state index contributed by atoms with van der Waals surface area (Å²) in [4.78, 5) is 24.7. The monoisotopic (exact) mass is 336 g/mol. The van der Waals surface area contributed by atoms with E-state index in [0.29, 0.717) is 21.3 Å². The zero-order valence-corrected chi connectivity index (χ0v) is 12.0. The van der Waals surface area contributed by atoms with Crippen molar-refractivity contribution < 1.29 is 14.5 Å². The van der Waals surface area contributed by atoms with Gasteiger partial charge in [-0.2, -0.15) is 0 Å². The fourth-order valence-corrected chi connectivity index (χ4v) is 2.01. The number of aromatic nitrogens is 1. The molecule has 0 saturated heterocycles. The van der Waals surface area contributed by atoms with Crippen LogP contribution in [0.25, 0.3) is 0 Å². The van der Waals surface area contributed by atoms with Gasteiger partial charge in [0, 0.05) is 17.2 Å². The van der Waals surface area contributed by atoms with Crippen molar-refractivity contribution in [1.82, 2.24) is 4.98 Å². The fraction of sp³-hybridized carbons (Fsp3) is 0.0769. The Kier molecular flexibility index (Phi) is 4.09. The van der Waals surface area contributed by atoms with E-state index in [0.717, 1.165) is 12.5 Å². The Bertz CT molecular complexity index is 688. The van der Waals surface area contributed by atoms with E-state index in [9.17, 15) is 14.9 Å². The number of carbonyl (C=O) groups excluding carboxylic acids is 1. The Balaban J connectivity index is 2.30. The molecule has 102 valence electrons. The number of nitrogens with zero attached hydrogens (tertiary/aromatic N) is 2. The first-order valence-corrected chi connectivity index (χ1v) is 6.34. The normalized spacial score (nSPS) is 10.1. The Morgan fingerprint density at radius 1 is 1.40 bits per heavy atom. The molecule has 2 rings (SSSR count). The second kappa shape index (κ2) is 5.79. The predicted molar refractivity (Wildman–Crippen MR) is 75.2 cm³/mol. The molecule has 0 atom stereocenters. The predicted octanol–water partition coefficient (Wildman–Crippen LogP) is 3.67. The van der Waals surface area contributed by atoms with Crippen molar-refractivity contribution in [2.45, 2.75) is 6.92 Å². The Morgan fingerprint density at radius 2 is 2.15 bits per heavy atom. The van der Waals surface area contributed by atoms with E-state index in [2.05, 4.69) is 20.9 Å². The van der Waals surface area contributed by atoms with E-state index in [1.807, 2.05) is 0 Å². The summed E-state index contributed by atoms with van der Waals surface area (Å²) >= 11 is 3.29. The van der Waals surface area contributed by atoms with Gasteiger partial charge in [-0.1, -0.05) is 0 Å². The van der Waals surface area contributed by atoms with Crippen LogP contribution in [0.15, 0.2) is 34.9 Å². The second-order valence-corrected chi connectivity index (χ2v) is 4.84. The number of benzene rings is 1. The van der Waals surface area contributed by atoms with Gasteiger partial charge in [0.05, 0.1) is 9.40 Å². The minimum absolute atomic E-state index is 0.0924. The number of pyridine rings is 1. The summed E-state index contributed by atoms with van der Waals surface area (Å²) in [5, 5.41) is 10.6. The number of ether oxygens (including phenoxy) is 1. The Morgan fingerprint density at radius 3 is 2.70 bits per heavy atom. The summed E-state index contributed by atoms with van der Waals surface area (Å²) in [5.41, 5.74) is 0.966. The van der Waals surface area contributed by atoms with Crippen molar-refractivity contribution in [2.75, 3.05) is 0 Å². The molecule has 0 unspecified atom stereocenters. The maximum Gasteiger partial charge on any atom is 0.288 e. The number of aryl methyl sites for hydroxylation is 1. The van der Waals surface area contributed by atoms with E-state index >= 15 is 0 Å². The molecule has 1 aromatic heterocycles. The van der Waals surface area contributed by atoms with Crippen LogP contribution in [-0.4, -0.2) is 16.2 Å². The number of carbonyl (C=O) groups is 1. The zero-order chi connectivity index (χ0) is 14.7. The van der Waals surface area contributed by atoms with Crippen LogP contribution >= 0.6 is 15.9 Å². The lowest BCUT2D eigenvalue weighted by Crippen LogP contribution is -1.95. The summed E-state index contributed by atoms with van der Waals surface area (Å²) < 4.78 is 6.18. The third-order valence-electron chi connectivity index (χ3n) is 2.53. The van der Waals surface area contributed by atoms with Gasteiger partial charge in [0.15, 0.2) is 0 Å². The molecule has 0 aliphatic heterocycles. The van der Waals surface area contributed by atoms with E-state index in [4.69, 9.17) is 4.74 Å². The van der Waals surface area contributed by atoms with Crippen LogP contribution in [0.1, 0.15) is 15.9 Å². The van der Waals surface area contributed by atoms with Gasteiger partial charge < -0.3 is 4.74 Å². The van der Waals surface area contributed by atoms with Gasteiger partial charge in [0.25, 0.3) is 5.69 Å². The first-order valence-electron chi connectivity index (χ1n) is 5.55. The van der Waals surface area contributed by atoms with E-state index in [-0.39, 0.29) is 11.6 Å². The molecule has 0 amide bonds. The van der Waals surface area contributed by atoms with Crippen LogP contribution < -0.4 is 4.74 Å². The maximum atomic E-state index is 10.6. The molecule has 0 spiro atoms. The summed E-state index contributed by atoms with van der Waals surface area (Å²) in [6, 6.07) is 6.23. The van der Waals surface area contributed by atoms with Crippen molar-refractivity contribution in [3.8, 4) is 11.6 Å². The highest BCUT2D eigenvalue weighted by Crippen LogP contribution is 2.31. The minimum Gasteiger partial charge on any atom is -0.438 e. The molecule has 1 aromatic carbocycles. The lowest BCUT2D eigenvalue weighted by Gasteiger charge is -2.09. The topological polar surface area (TPSA) is 82.3 Å². The number of nitro groups is 1. The quantitative estimate of drug-likeness (QED) is 0.483. The number of hydrogen-bond acceptors (Lipinski definition) is 5. The molecular weight excluding hydrogens is 328 g/mol. The zero-order valence-electron chi connectivity index (χ0n) is 10.4. The molecule has 1 heterocycles. The summed E-state index contributed by atoms with van der Waals surface area (Å²) in [7, 11) is 0. The number of aldehydes is 1. The Hall–Kier alpha value is -2.28. The first kappa shape index (κ1) is 14.1. The van der Waals surface area contributed by atoms with Crippen LogP contribution in [0.4, 0.5) is 5.69 Å². The molecule has 6 nitrogen and oxygen atoms in total. The Labute approximate surface area is 122 Å². The second-order valence-electron chi connectivity index (χ2n) is 3.98. The molecule has 0 N–H and O–H groups in total. The molecular formula is C13H9BrN2O4. The standard InChI is InChI=1S/C13H9BrN2O4/c1-8-4-10(16(18)19)6-15-13(8)20-12-3-2-9(7-17)5-11(12)14/h2-7H,1H3. The van der Waals surface area contributed by atoms with Gasteiger partial charge in [-0.3, -0.25) is 14.9 Å². The average Bonchev–Trinajstić information content (AvgIpc) is 2.42. The van der Waals surface area contributed by atoms with Crippen LogP contribution in [0, 0.1) is 17.0 Å². The lowest BCUT2D eigenvalue weighted by atomic mass is 10.2. The minimum atomic E-state index is -0.515. The van der Waals surface area contributed by atoms with Gasteiger partial charge in [0.2, 0.25) is 5.88 Å². The van der Waals surface area contributed by atoms with Gasteiger partial charge >= 0.3 is 0 Å². The first-order chi connectivity index (χ1) is 9.51. The van der Waals surface area contributed by atoms with Crippen LogP contribution in [0.3, 0.4) is 0 Å². The summed E-state index contributed by atoms with van der Waals surface area (Å²) in [6.07, 6.45) is 1.86. The molecule has 0 radical (unpaired) electrons. The molecule has 2 aromatic rings.